The summed E-state index contributed by atoms with van der Waals surface area (Å²) < 4.78 is 26.0. The van der Waals surface area contributed by atoms with Gasteiger partial charge in [0.15, 0.2) is 0 Å². The Morgan fingerprint density at radius 2 is 1.90 bits per heavy atom. The summed E-state index contributed by atoms with van der Waals surface area (Å²) in [7, 11) is 0.792. The number of rotatable bonds is 9. The number of unbranched alkanes of at least 4 members (excludes halogenated alkanes) is 1. The lowest BCUT2D eigenvalue weighted by molar-refractivity contribution is 0.202. The third kappa shape index (κ3) is 6.52. The van der Waals surface area contributed by atoms with Crippen LogP contribution in [-0.4, -0.2) is 70.2 Å². The fourth-order valence-electron chi connectivity index (χ4n) is 2.59. The van der Waals surface area contributed by atoms with Crippen LogP contribution >= 0.6 is 0 Å². The smallest absolute Gasteiger partial charge is 0.213 e. The van der Waals surface area contributed by atoms with Crippen molar-refractivity contribution in [3.05, 3.63) is 0 Å². The zero-order valence-electron chi connectivity index (χ0n) is 13.3. The third-order valence-corrected chi connectivity index (χ3v) is 5.99. The van der Waals surface area contributed by atoms with Crippen LogP contribution in [0.2, 0.25) is 0 Å². The Balaban J connectivity index is 2.27. The molecule has 0 aromatic carbocycles. The number of nitrogens with one attached hydrogen (secondary N) is 1. The molecule has 1 saturated heterocycles. The Hall–Kier alpha value is -0.170. The first-order valence-corrected chi connectivity index (χ1v) is 9.40. The largest absolute Gasteiger partial charge is 0.317 e. The van der Waals surface area contributed by atoms with Crippen molar-refractivity contribution >= 4 is 10.0 Å². The predicted molar refractivity (Wildman–Crippen MR) is 84.4 cm³/mol. The lowest BCUT2D eigenvalue weighted by Gasteiger charge is -2.31. The van der Waals surface area contributed by atoms with Gasteiger partial charge in [-0.15, -0.1) is 0 Å². The van der Waals surface area contributed by atoms with Crippen molar-refractivity contribution in [1.82, 2.24) is 14.5 Å². The zero-order valence-corrected chi connectivity index (χ0v) is 14.1. The lowest BCUT2D eigenvalue weighted by Crippen LogP contribution is -2.38. The summed E-state index contributed by atoms with van der Waals surface area (Å²) in [4.78, 5) is 2.31. The van der Waals surface area contributed by atoms with Crippen molar-refractivity contribution in [3.63, 3.8) is 0 Å². The first-order valence-electron chi connectivity index (χ1n) is 7.79. The van der Waals surface area contributed by atoms with Crippen LogP contribution in [0.1, 0.15) is 32.6 Å². The van der Waals surface area contributed by atoms with E-state index in [9.17, 15) is 8.42 Å². The second kappa shape index (κ2) is 8.97. The SMILES string of the molecule is CCNCCCCS(=O)(=O)N(C)CC1CCN(C)CC1. The quantitative estimate of drug-likeness (QED) is 0.645. The molecule has 0 saturated carbocycles. The third-order valence-electron chi connectivity index (χ3n) is 4.08. The molecule has 120 valence electrons. The van der Waals surface area contributed by atoms with Crippen LogP contribution in [0.5, 0.6) is 0 Å². The van der Waals surface area contributed by atoms with E-state index in [1.165, 1.54) is 0 Å². The molecule has 6 heteroatoms. The fraction of sp³-hybridized carbons (Fsp3) is 1.00. The van der Waals surface area contributed by atoms with Gasteiger partial charge in [0.25, 0.3) is 0 Å². The van der Waals surface area contributed by atoms with Crippen molar-refractivity contribution < 1.29 is 8.42 Å². The van der Waals surface area contributed by atoms with E-state index in [4.69, 9.17) is 0 Å². The molecule has 0 spiro atoms. The molecule has 0 amide bonds. The molecule has 1 heterocycles. The minimum Gasteiger partial charge on any atom is -0.317 e. The molecule has 0 atom stereocenters. The molecule has 1 rings (SSSR count). The molecule has 0 radical (unpaired) electrons. The van der Waals surface area contributed by atoms with Crippen LogP contribution in [0, 0.1) is 5.92 Å². The van der Waals surface area contributed by atoms with Gasteiger partial charge in [-0.25, -0.2) is 12.7 Å². The van der Waals surface area contributed by atoms with Gasteiger partial charge in [-0.1, -0.05) is 6.92 Å². The maximum absolute atomic E-state index is 12.2. The Labute approximate surface area is 124 Å². The van der Waals surface area contributed by atoms with E-state index in [1.54, 1.807) is 11.4 Å². The maximum Gasteiger partial charge on any atom is 0.213 e. The normalized spacial score (nSPS) is 18.8. The topological polar surface area (TPSA) is 52.7 Å². The maximum atomic E-state index is 12.2. The van der Waals surface area contributed by atoms with Gasteiger partial charge in [0, 0.05) is 13.6 Å². The summed E-state index contributed by atoms with van der Waals surface area (Å²) in [6.45, 7) is 6.77. The number of likely N-dealkylation sites (tertiary alicyclic amines) is 1. The van der Waals surface area contributed by atoms with E-state index in [-0.39, 0.29) is 5.75 Å². The van der Waals surface area contributed by atoms with Crippen molar-refractivity contribution in [2.45, 2.75) is 32.6 Å². The van der Waals surface area contributed by atoms with E-state index >= 15 is 0 Å². The van der Waals surface area contributed by atoms with Crippen LogP contribution in [0.3, 0.4) is 0 Å². The van der Waals surface area contributed by atoms with Crippen LogP contribution in [0.15, 0.2) is 0 Å². The second-order valence-electron chi connectivity index (χ2n) is 5.90. The zero-order chi connectivity index (χ0) is 15.0. The molecule has 20 heavy (non-hydrogen) atoms. The highest BCUT2D eigenvalue weighted by molar-refractivity contribution is 7.89. The number of sulfonamides is 1. The van der Waals surface area contributed by atoms with Gasteiger partial charge in [0.05, 0.1) is 5.75 Å². The van der Waals surface area contributed by atoms with Crippen LogP contribution in [0.4, 0.5) is 0 Å². The van der Waals surface area contributed by atoms with E-state index < -0.39 is 10.0 Å². The van der Waals surface area contributed by atoms with Gasteiger partial charge >= 0.3 is 0 Å². The fourth-order valence-corrected chi connectivity index (χ4v) is 3.91. The van der Waals surface area contributed by atoms with E-state index in [1.807, 2.05) is 0 Å². The summed E-state index contributed by atoms with van der Waals surface area (Å²) in [6.07, 6.45) is 3.88. The highest BCUT2D eigenvalue weighted by atomic mass is 32.2. The summed E-state index contributed by atoms with van der Waals surface area (Å²) in [6, 6.07) is 0. The Morgan fingerprint density at radius 1 is 1.25 bits per heavy atom. The Bertz CT molecular complexity index is 351. The highest BCUT2D eigenvalue weighted by Gasteiger charge is 2.23. The number of piperidine rings is 1. The van der Waals surface area contributed by atoms with E-state index in [2.05, 4.69) is 24.2 Å². The van der Waals surface area contributed by atoms with Gasteiger partial charge in [0.2, 0.25) is 10.0 Å². The summed E-state index contributed by atoms with van der Waals surface area (Å²) in [5, 5.41) is 3.22. The average molecular weight is 305 g/mol. The number of nitrogens with zero attached hydrogens (tertiary/aromatic N) is 2. The molecular weight excluding hydrogens is 274 g/mol. The Kier molecular flexibility index (Phi) is 8.02. The summed E-state index contributed by atoms with van der Waals surface area (Å²) >= 11 is 0. The molecule has 0 aromatic heterocycles. The Morgan fingerprint density at radius 3 is 2.50 bits per heavy atom. The minimum atomic E-state index is -3.07. The average Bonchev–Trinajstić information content (AvgIpc) is 2.41. The number of hydrogen-bond acceptors (Lipinski definition) is 4. The van der Waals surface area contributed by atoms with Gasteiger partial charge in [-0.2, -0.15) is 0 Å². The van der Waals surface area contributed by atoms with Crippen LogP contribution in [0.25, 0.3) is 0 Å². The molecule has 0 aliphatic carbocycles. The molecule has 0 bridgehead atoms. The first kappa shape index (κ1) is 17.9. The molecule has 0 unspecified atom stereocenters. The van der Waals surface area contributed by atoms with Gasteiger partial charge < -0.3 is 10.2 Å². The summed E-state index contributed by atoms with van der Waals surface area (Å²) in [5.74, 6) is 0.800. The minimum absolute atomic E-state index is 0.279. The molecule has 1 N–H and O–H groups in total. The van der Waals surface area contributed by atoms with Gasteiger partial charge in [-0.3, -0.25) is 0 Å². The van der Waals surface area contributed by atoms with Crippen molar-refractivity contribution in [2.75, 3.05) is 52.6 Å². The van der Waals surface area contributed by atoms with Crippen LogP contribution < -0.4 is 5.32 Å². The predicted octanol–water partition coefficient (Wildman–Crippen LogP) is 0.980. The van der Waals surface area contributed by atoms with Crippen molar-refractivity contribution in [2.24, 2.45) is 5.92 Å². The molecular formula is C14H31N3O2S. The van der Waals surface area contributed by atoms with Gasteiger partial charge in [-0.05, 0) is 64.8 Å². The lowest BCUT2D eigenvalue weighted by atomic mass is 9.97. The highest BCUT2D eigenvalue weighted by Crippen LogP contribution is 2.18. The van der Waals surface area contributed by atoms with Gasteiger partial charge in [0.1, 0.15) is 0 Å². The second-order valence-corrected chi connectivity index (χ2v) is 8.10. The van der Waals surface area contributed by atoms with E-state index in [0.29, 0.717) is 12.5 Å². The summed E-state index contributed by atoms with van der Waals surface area (Å²) in [5.41, 5.74) is 0. The van der Waals surface area contributed by atoms with Crippen LogP contribution in [-0.2, 0) is 10.0 Å². The molecule has 1 aliphatic heterocycles. The van der Waals surface area contributed by atoms with E-state index in [0.717, 1.165) is 51.9 Å². The first-order chi connectivity index (χ1) is 9.45. The monoisotopic (exact) mass is 305 g/mol. The molecule has 5 nitrogen and oxygen atoms in total. The van der Waals surface area contributed by atoms with Crippen molar-refractivity contribution in [3.8, 4) is 0 Å². The molecule has 0 aromatic rings. The number of hydrogen-bond donors (Lipinski definition) is 1. The molecule has 1 aliphatic rings. The van der Waals surface area contributed by atoms with Crippen molar-refractivity contribution in [1.29, 1.82) is 0 Å². The molecule has 1 fully saturated rings. The standard InChI is InChI=1S/C14H31N3O2S/c1-4-15-9-5-6-12-20(18,19)17(3)13-14-7-10-16(2)11-8-14/h14-15H,4-13H2,1-3H3.